The van der Waals surface area contributed by atoms with Gasteiger partial charge >= 0.3 is 5.97 Å². The predicted octanol–water partition coefficient (Wildman–Crippen LogP) is 3.15. The molecule has 0 spiro atoms. The molecule has 98 valence electrons. The highest BCUT2D eigenvalue weighted by Crippen LogP contribution is 2.20. The fourth-order valence-corrected chi connectivity index (χ4v) is 2.23. The number of carboxylic acids is 1. The number of carbonyl (C=O) groups is 1. The molecule has 1 aromatic heterocycles. The maximum Gasteiger partial charge on any atom is 0.365 e. The highest BCUT2D eigenvalue weighted by atomic mass is 32.1. The first-order chi connectivity index (χ1) is 9.20. The van der Waals surface area contributed by atoms with Gasteiger partial charge in [0.15, 0.2) is 0 Å². The summed E-state index contributed by atoms with van der Waals surface area (Å²) in [6.07, 6.45) is 2.54. The largest absolute Gasteiger partial charge is 0.487 e. The Bertz CT molecular complexity index is 592. The van der Waals surface area contributed by atoms with Gasteiger partial charge in [-0.15, -0.1) is 17.9 Å². The zero-order valence-electron chi connectivity index (χ0n) is 10.2. The number of para-hydroxylation sites is 1. The van der Waals surface area contributed by atoms with Crippen molar-refractivity contribution < 1.29 is 14.6 Å². The second-order valence-corrected chi connectivity index (χ2v) is 4.70. The number of allylic oxidation sites excluding steroid dienone is 1. The summed E-state index contributed by atoms with van der Waals surface area (Å²) in [4.78, 5) is 14.7. The van der Waals surface area contributed by atoms with Crippen molar-refractivity contribution in [1.82, 2.24) is 4.98 Å². The molecule has 0 atom stereocenters. The van der Waals surface area contributed by atoms with E-state index in [0.29, 0.717) is 5.69 Å². The lowest BCUT2D eigenvalue weighted by atomic mass is 10.1. The van der Waals surface area contributed by atoms with Gasteiger partial charge in [0.1, 0.15) is 12.4 Å². The van der Waals surface area contributed by atoms with Crippen molar-refractivity contribution in [3.8, 4) is 5.75 Å². The van der Waals surface area contributed by atoms with Gasteiger partial charge in [0.2, 0.25) is 5.01 Å². The first-order valence-electron chi connectivity index (χ1n) is 5.70. The monoisotopic (exact) mass is 275 g/mol. The Labute approximate surface area is 115 Å². The van der Waals surface area contributed by atoms with Crippen molar-refractivity contribution in [1.29, 1.82) is 0 Å². The van der Waals surface area contributed by atoms with Crippen LogP contribution in [0.1, 0.15) is 21.1 Å². The SMILES string of the molecule is C=CCc1ccccc1OCc1csc(C(=O)O)n1. The molecule has 0 aliphatic rings. The van der Waals surface area contributed by atoms with Crippen LogP contribution < -0.4 is 4.74 Å². The summed E-state index contributed by atoms with van der Waals surface area (Å²) < 4.78 is 5.67. The summed E-state index contributed by atoms with van der Waals surface area (Å²) >= 11 is 1.10. The average Bonchev–Trinajstić information content (AvgIpc) is 2.87. The van der Waals surface area contributed by atoms with Crippen LogP contribution in [0, 0.1) is 0 Å². The summed E-state index contributed by atoms with van der Waals surface area (Å²) in [5, 5.41) is 10.6. The number of hydrogen-bond donors (Lipinski definition) is 1. The van der Waals surface area contributed by atoms with Crippen molar-refractivity contribution in [3.63, 3.8) is 0 Å². The molecule has 1 N–H and O–H groups in total. The molecule has 2 rings (SSSR count). The molecule has 0 radical (unpaired) electrons. The van der Waals surface area contributed by atoms with Crippen LogP contribution in [0.3, 0.4) is 0 Å². The van der Waals surface area contributed by atoms with Gasteiger partial charge in [-0.25, -0.2) is 9.78 Å². The predicted molar refractivity (Wildman–Crippen MR) is 73.7 cm³/mol. The van der Waals surface area contributed by atoms with E-state index in [1.54, 1.807) is 5.38 Å². The number of rotatable bonds is 6. The minimum absolute atomic E-state index is 0.0815. The molecule has 0 fully saturated rings. The van der Waals surface area contributed by atoms with Crippen LogP contribution >= 0.6 is 11.3 Å². The molecule has 4 nitrogen and oxygen atoms in total. The third-order valence-corrected chi connectivity index (χ3v) is 3.33. The van der Waals surface area contributed by atoms with Gasteiger partial charge in [0, 0.05) is 5.38 Å². The lowest BCUT2D eigenvalue weighted by Crippen LogP contribution is -2.00. The molecule has 19 heavy (non-hydrogen) atoms. The number of hydrogen-bond acceptors (Lipinski definition) is 4. The summed E-state index contributed by atoms with van der Waals surface area (Å²) in [6.45, 7) is 3.97. The lowest BCUT2D eigenvalue weighted by molar-refractivity contribution is 0.0696. The Morgan fingerprint density at radius 3 is 2.95 bits per heavy atom. The minimum atomic E-state index is -1.01. The van der Waals surface area contributed by atoms with Crippen LogP contribution in [0.25, 0.3) is 0 Å². The second-order valence-electron chi connectivity index (χ2n) is 3.84. The van der Waals surface area contributed by atoms with Gasteiger partial charge in [-0.3, -0.25) is 0 Å². The van der Waals surface area contributed by atoms with Gasteiger partial charge in [-0.2, -0.15) is 0 Å². The van der Waals surface area contributed by atoms with E-state index in [9.17, 15) is 4.79 Å². The number of benzene rings is 1. The van der Waals surface area contributed by atoms with Gasteiger partial charge in [-0.1, -0.05) is 24.3 Å². The van der Waals surface area contributed by atoms with Crippen LogP contribution in [0.5, 0.6) is 5.75 Å². The van der Waals surface area contributed by atoms with Crippen LogP contribution in [-0.4, -0.2) is 16.1 Å². The van der Waals surface area contributed by atoms with E-state index in [1.807, 2.05) is 30.3 Å². The van der Waals surface area contributed by atoms with E-state index in [-0.39, 0.29) is 11.6 Å². The Hall–Kier alpha value is -2.14. The van der Waals surface area contributed by atoms with Gasteiger partial charge in [0.05, 0.1) is 5.69 Å². The lowest BCUT2D eigenvalue weighted by Gasteiger charge is -2.08. The van der Waals surface area contributed by atoms with E-state index in [4.69, 9.17) is 9.84 Å². The van der Waals surface area contributed by atoms with Crippen LogP contribution in [-0.2, 0) is 13.0 Å². The maximum atomic E-state index is 10.7. The molecule has 0 saturated heterocycles. The van der Waals surface area contributed by atoms with Crippen molar-refractivity contribution in [2.75, 3.05) is 0 Å². The highest BCUT2D eigenvalue weighted by molar-refractivity contribution is 7.11. The highest BCUT2D eigenvalue weighted by Gasteiger charge is 2.09. The van der Waals surface area contributed by atoms with E-state index in [1.165, 1.54) is 0 Å². The van der Waals surface area contributed by atoms with Crippen molar-refractivity contribution in [2.45, 2.75) is 13.0 Å². The van der Waals surface area contributed by atoms with E-state index >= 15 is 0 Å². The molecule has 0 aliphatic carbocycles. The topological polar surface area (TPSA) is 59.4 Å². The van der Waals surface area contributed by atoms with Gasteiger partial charge < -0.3 is 9.84 Å². The summed E-state index contributed by atoms with van der Waals surface area (Å²) in [5.74, 6) is -0.240. The van der Waals surface area contributed by atoms with Crippen molar-refractivity contribution in [3.05, 3.63) is 58.6 Å². The molecular weight excluding hydrogens is 262 g/mol. The molecule has 0 saturated carbocycles. The van der Waals surface area contributed by atoms with Crippen molar-refractivity contribution in [2.24, 2.45) is 0 Å². The molecule has 1 aromatic carbocycles. The normalized spacial score (nSPS) is 10.1. The number of thiazole rings is 1. The standard InChI is InChI=1S/C14H13NO3S/c1-2-5-10-6-3-4-7-12(10)18-8-11-9-19-13(15-11)14(16)17/h2-4,6-7,9H,1,5,8H2,(H,16,17). The molecular formula is C14H13NO3S. The third kappa shape index (κ3) is 3.42. The molecule has 0 bridgehead atoms. The average molecular weight is 275 g/mol. The second kappa shape index (κ2) is 6.15. The van der Waals surface area contributed by atoms with Crippen LogP contribution in [0.15, 0.2) is 42.3 Å². The smallest absolute Gasteiger partial charge is 0.365 e. The summed E-state index contributed by atoms with van der Waals surface area (Å²) in [5.41, 5.74) is 1.67. The first-order valence-corrected chi connectivity index (χ1v) is 6.58. The quantitative estimate of drug-likeness (QED) is 0.823. The molecule has 2 aromatic rings. The van der Waals surface area contributed by atoms with Crippen LogP contribution in [0.4, 0.5) is 0 Å². The Kier molecular flexibility index (Phi) is 4.30. The molecule has 0 amide bonds. The Morgan fingerprint density at radius 1 is 1.47 bits per heavy atom. The number of nitrogens with zero attached hydrogens (tertiary/aromatic N) is 1. The zero-order chi connectivity index (χ0) is 13.7. The maximum absolute atomic E-state index is 10.7. The van der Waals surface area contributed by atoms with Gasteiger partial charge in [0.25, 0.3) is 0 Å². The summed E-state index contributed by atoms with van der Waals surface area (Å²) in [6, 6.07) is 7.69. The van der Waals surface area contributed by atoms with Gasteiger partial charge in [-0.05, 0) is 18.1 Å². The fraction of sp³-hybridized carbons (Fsp3) is 0.143. The Balaban J connectivity index is 2.05. The molecule has 0 unspecified atom stereocenters. The molecule has 1 heterocycles. The molecule has 5 heteroatoms. The number of carboxylic acid groups (broad SMARTS) is 1. The minimum Gasteiger partial charge on any atom is -0.487 e. The Morgan fingerprint density at radius 2 is 2.26 bits per heavy atom. The zero-order valence-corrected chi connectivity index (χ0v) is 11.0. The van der Waals surface area contributed by atoms with E-state index < -0.39 is 5.97 Å². The first kappa shape index (κ1) is 13.3. The number of aromatic carboxylic acids is 1. The fourth-order valence-electron chi connectivity index (χ4n) is 1.59. The molecule has 0 aliphatic heterocycles. The number of aromatic nitrogens is 1. The van der Waals surface area contributed by atoms with E-state index in [0.717, 1.165) is 29.1 Å². The van der Waals surface area contributed by atoms with E-state index in [2.05, 4.69) is 11.6 Å². The number of ether oxygens (including phenoxy) is 1. The van der Waals surface area contributed by atoms with Crippen LogP contribution in [0.2, 0.25) is 0 Å². The third-order valence-electron chi connectivity index (χ3n) is 2.45. The van der Waals surface area contributed by atoms with Crippen molar-refractivity contribution >= 4 is 17.3 Å². The summed E-state index contributed by atoms with van der Waals surface area (Å²) in [7, 11) is 0.